The van der Waals surface area contributed by atoms with Crippen molar-refractivity contribution in [3.05, 3.63) is 19.6 Å². The first-order chi connectivity index (χ1) is 52.5. The fourth-order valence-electron chi connectivity index (χ4n) is 15.3. The normalized spacial score (nSPS) is 11.1. The van der Waals surface area contributed by atoms with Crippen molar-refractivity contribution in [3.8, 4) is 0 Å². The van der Waals surface area contributed by atoms with E-state index in [1.807, 2.05) is 6.08 Å². The Morgan fingerprint density at radius 1 is 0.189 bits per heavy atom. The first-order valence-corrected chi connectivity index (χ1v) is 49.9. The van der Waals surface area contributed by atoms with Crippen LogP contribution in [-0.2, 0) is 4.79 Å². The van der Waals surface area contributed by atoms with Crippen molar-refractivity contribution in [3.63, 3.8) is 0 Å². The maximum Gasteiger partial charge on any atom is 0.303 e. The Hall–Kier alpha value is -0.910. The maximum absolute atomic E-state index is 10.2. The molecule has 1 radical (unpaired) electrons. The number of rotatable bonds is 91. The third kappa shape index (κ3) is 129. The Morgan fingerprint density at radius 2 is 0.292 bits per heavy atom. The van der Waals surface area contributed by atoms with E-state index in [1.165, 1.54) is 533 Å². The smallest absolute Gasteiger partial charge is 0.303 e. The molecule has 0 aromatic carbocycles. The van der Waals surface area contributed by atoms with Gasteiger partial charge in [0.05, 0.1) is 0 Å². The van der Waals surface area contributed by atoms with Gasteiger partial charge in [0.15, 0.2) is 0 Å². The number of carboxylic acids is 1. The molecule has 0 aliphatic rings. The molecule has 0 unspecified atom stereocenters. The SMILES string of the molecule is C=CCCCCCCCCC(=O)O.CCCCCCCCCCCCCCCCCCCCCCCCCCCCCCCCO.CCCCCCCCCCCCCCCCCCCCCCCCCCCCCO.CCCCCCCCCCCCCCCCCCCCCCCCCCCO.[CH2]C. The standard InChI is InChI=1S/C32H66O.C29H60O.C27H56O.C11H20O2.C2H5/c1-2-3-4-5-6-7-8-9-10-11-12-13-14-15-16-17-18-19-20-21-22-23-24-25-26-27-28-29-30-31-32-33;1-2-3-4-5-6-7-8-9-10-11-12-13-14-15-16-17-18-19-20-21-22-23-24-25-26-27-28-29-30;1-2-3-4-5-6-7-8-9-10-11-12-13-14-15-16-17-18-19-20-21-22-23-24-25-26-27-28;1-2-3-4-5-6-7-8-9-10-11(12)13;1-2/h33H,2-32H2,1H3;30H,2-29H2,1H3;28H,2-27H2,1H3;2H,1,3-10H2,(H,12,13);1H2,2H3. The highest BCUT2D eigenvalue weighted by atomic mass is 16.4. The van der Waals surface area contributed by atoms with E-state index in [0.29, 0.717) is 26.2 Å². The molecule has 106 heavy (non-hydrogen) atoms. The summed E-state index contributed by atoms with van der Waals surface area (Å²) in [5, 5.41) is 34.6. The van der Waals surface area contributed by atoms with Crippen molar-refractivity contribution < 1.29 is 25.2 Å². The number of carbonyl (C=O) groups is 1. The summed E-state index contributed by atoms with van der Waals surface area (Å²) in [4.78, 5) is 10.2. The van der Waals surface area contributed by atoms with Crippen LogP contribution in [0.5, 0.6) is 0 Å². The Balaban J connectivity index is -0.000000439. The lowest BCUT2D eigenvalue weighted by atomic mass is 10.0. The summed E-state index contributed by atoms with van der Waals surface area (Å²) in [6, 6.07) is 0. The first-order valence-electron chi connectivity index (χ1n) is 49.9. The summed E-state index contributed by atoms with van der Waals surface area (Å²) >= 11 is 0. The van der Waals surface area contributed by atoms with Crippen LogP contribution < -0.4 is 0 Å². The summed E-state index contributed by atoms with van der Waals surface area (Å²) in [5.41, 5.74) is 0. The molecule has 0 spiro atoms. The van der Waals surface area contributed by atoms with Crippen LogP contribution in [0.4, 0.5) is 0 Å². The van der Waals surface area contributed by atoms with Gasteiger partial charge >= 0.3 is 5.97 Å². The van der Waals surface area contributed by atoms with E-state index < -0.39 is 5.97 Å². The Bertz CT molecular complexity index is 1300. The molecule has 0 atom stereocenters. The largest absolute Gasteiger partial charge is 0.481 e. The summed E-state index contributed by atoms with van der Waals surface area (Å²) in [5.74, 6) is -0.674. The van der Waals surface area contributed by atoms with Crippen LogP contribution in [0.3, 0.4) is 0 Å². The summed E-state index contributed by atoms with van der Waals surface area (Å²) in [7, 11) is 0. The average molecular weight is 1500 g/mol. The lowest BCUT2D eigenvalue weighted by Gasteiger charge is -2.04. The summed E-state index contributed by atoms with van der Waals surface area (Å²) in [6.45, 7) is 16.7. The van der Waals surface area contributed by atoms with Gasteiger partial charge in [-0.25, -0.2) is 0 Å². The number of unbranched alkanes of at least 4 members (excludes halogenated alkanes) is 85. The van der Waals surface area contributed by atoms with E-state index in [0.717, 1.165) is 38.5 Å². The number of hydrogen-bond acceptors (Lipinski definition) is 4. The van der Waals surface area contributed by atoms with Gasteiger partial charge in [-0.1, -0.05) is 574 Å². The molecule has 0 aliphatic carbocycles. The second-order valence-corrected chi connectivity index (χ2v) is 33.4. The molecule has 0 saturated carbocycles. The van der Waals surface area contributed by atoms with Crippen LogP contribution in [-0.4, -0.2) is 46.2 Å². The minimum Gasteiger partial charge on any atom is -0.481 e. The van der Waals surface area contributed by atoms with Crippen LogP contribution in [0.1, 0.15) is 606 Å². The van der Waals surface area contributed by atoms with Gasteiger partial charge in [-0.3, -0.25) is 4.79 Å². The molecule has 641 valence electrons. The number of aliphatic hydroxyl groups excluding tert-OH is 3. The molecule has 0 bridgehead atoms. The van der Waals surface area contributed by atoms with E-state index in [-0.39, 0.29) is 0 Å². The van der Waals surface area contributed by atoms with E-state index in [9.17, 15) is 4.79 Å². The van der Waals surface area contributed by atoms with Crippen LogP contribution in [0, 0.1) is 6.92 Å². The fraction of sp³-hybridized carbons (Fsp3) is 0.960. The second-order valence-electron chi connectivity index (χ2n) is 33.4. The molecule has 0 saturated heterocycles. The van der Waals surface area contributed by atoms with Crippen LogP contribution in [0.2, 0.25) is 0 Å². The topological polar surface area (TPSA) is 98.0 Å². The van der Waals surface area contributed by atoms with E-state index >= 15 is 0 Å². The van der Waals surface area contributed by atoms with Crippen molar-refractivity contribution in [2.24, 2.45) is 0 Å². The molecule has 0 aliphatic heterocycles. The highest BCUT2D eigenvalue weighted by Crippen LogP contribution is 2.22. The number of carboxylic acid groups (broad SMARTS) is 1. The number of hydrogen-bond donors (Lipinski definition) is 4. The highest BCUT2D eigenvalue weighted by Gasteiger charge is 2.03. The van der Waals surface area contributed by atoms with Gasteiger partial charge in [0.2, 0.25) is 0 Å². The van der Waals surface area contributed by atoms with Gasteiger partial charge in [-0.15, -0.1) is 6.58 Å². The van der Waals surface area contributed by atoms with Crippen LogP contribution >= 0.6 is 0 Å². The second kappa shape index (κ2) is 120. The van der Waals surface area contributed by atoms with Gasteiger partial charge < -0.3 is 20.4 Å². The molecule has 4 N–H and O–H groups in total. The number of aliphatic carboxylic acids is 1. The van der Waals surface area contributed by atoms with Gasteiger partial charge in [-0.2, -0.15) is 0 Å². The zero-order valence-corrected chi connectivity index (χ0v) is 74.4. The zero-order valence-electron chi connectivity index (χ0n) is 74.4. The monoisotopic (exact) mass is 1500 g/mol. The predicted molar refractivity (Wildman–Crippen MR) is 483 cm³/mol. The third-order valence-electron chi connectivity index (χ3n) is 22.6. The Labute approximate surface area is 672 Å². The molecular weight excluding hydrogens is 1290 g/mol. The maximum atomic E-state index is 10.2. The van der Waals surface area contributed by atoms with E-state index in [2.05, 4.69) is 34.3 Å². The lowest BCUT2D eigenvalue weighted by molar-refractivity contribution is -0.137. The minimum absolute atomic E-state index is 0.326. The molecule has 0 rings (SSSR count). The Kier molecular flexibility index (Phi) is 128. The van der Waals surface area contributed by atoms with Gasteiger partial charge in [0.25, 0.3) is 0 Å². The highest BCUT2D eigenvalue weighted by molar-refractivity contribution is 5.66. The van der Waals surface area contributed by atoms with Crippen LogP contribution in [0.25, 0.3) is 0 Å². The lowest BCUT2D eigenvalue weighted by Crippen LogP contribution is -1.93. The summed E-state index contributed by atoms with van der Waals surface area (Å²) < 4.78 is 0. The minimum atomic E-state index is -0.674. The van der Waals surface area contributed by atoms with Crippen molar-refractivity contribution in [1.82, 2.24) is 0 Å². The zero-order chi connectivity index (χ0) is 78.0. The predicted octanol–water partition coefficient (Wildman–Crippen LogP) is 36.2. The fourth-order valence-corrected chi connectivity index (χ4v) is 15.3. The molecule has 0 aromatic rings. The molecule has 5 nitrogen and oxygen atoms in total. The third-order valence-corrected chi connectivity index (χ3v) is 22.6. The molecular formula is C101H207O5. The summed E-state index contributed by atoms with van der Waals surface area (Å²) in [6.07, 6.45) is 127. The van der Waals surface area contributed by atoms with Gasteiger partial charge in [-0.05, 0) is 38.5 Å². The van der Waals surface area contributed by atoms with E-state index in [4.69, 9.17) is 20.4 Å². The average Bonchev–Trinajstić information content (AvgIpc) is 3.88. The van der Waals surface area contributed by atoms with E-state index in [1.54, 1.807) is 6.92 Å². The molecule has 5 heteroatoms. The number of allylic oxidation sites excluding steroid dienone is 1. The molecule has 0 aromatic heterocycles. The van der Waals surface area contributed by atoms with Gasteiger partial charge in [0.1, 0.15) is 0 Å². The van der Waals surface area contributed by atoms with Crippen molar-refractivity contribution in [1.29, 1.82) is 0 Å². The quantitative estimate of drug-likeness (QED) is 0.0359. The Morgan fingerprint density at radius 3 is 0.396 bits per heavy atom. The van der Waals surface area contributed by atoms with Crippen molar-refractivity contribution in [2.45, 2.75) is 606 Å². The van der Waals surface area contributed by atoms with Crippen molar-refractivity contribution in [2.75, 3.05) is 19.8 Å². The van der Waals surface area contributed by atoms with Crippen molar-refractivity contribution >= 4 is 5.97 Å². The number of aliphatic hydroxyl groups is 3. The molecule has 0 heterocycles. The molecule has 0 fully saturated rings. The van der Waals surface area contributed by atoms with Crippen LogP contribution in [0.15, 0.2) is 12.7 Å². The molecule has 0 amide bonds. The first kappa shape index (κ1) is 114. The van der Waals surface area contributed by atoms with Gasteiger partial charge in [0, 0.05) is 26.2 Å².